The number of pyridine rings is 1. The Labute approximate surface area is 109 Å². The van der Waals surface area contributed by atoms with Crippen LogP contribution in [0.25, 0.3) is 11.0 Å². The number of hydrogen-bond donors (Lipinski definition) is 3. The Morgan fingerprint density at radius 3 is 3.00 bits per heavy atom. The fourth-order valence-electron chi connectivity index (χ4n) is 1.71. The van der Waals surface area contributed by atoms with E-state index in [0.717, 1.165) is 5.52 Å². The lowest BCUT2D eigenvalue weighted by molar-refractivity contribution is 0.0251. The molecule has 1 unspecified atom stereocenters. The van der Waals surface area contributed by atoms with E-state index in [-0.39, 0.29) is 13.0 Å². The minimum atomic E-state index is -2.38. The summed E-state index contributed by atoms with van der Waals surface area (Å²) < 4.78 is 17.5. The quantitative estimate of drug-likeness (QED) is 0.642. The van der Waals surface area contributed by atoms with Gasteiger partial charge in [-0.2, -0.15) is 4.89 Å². The SMILES string of the molecule is Nc1nccc2c1ncn2C[C@@H](CO)OC[P+](=O)O. The summed E-state index contributed by atoms with van der Waals surface area (Å²) in [4.78, 5) is 16.8. The lowest BCUT2D eigenvalue weighted by atomic mass is 10.3. The highest BCUT2D eigenvalue weighted by atomic mass is 31.1. The molecule has 9 heteroatoms. The van der Waals surface area contributed by atoms with Gasteiger partial charge in [0.2, 0.25) is 0 Å². The highest BCUT2D eigenvalue weighted by Crippen LogP contribution is 2.18. The van der Waals surface area contributed by atoms with Crippen LogP contribution in [0.1, 0.15) is 0 Å². The minimum Gasteiger partial charge on any atom is -0.394 e. The van der Waals surface area contributed by atoms with E-state index < -0.39 is 14.1 Å². The lowest BCUT2D eigenvalue weighted by Gasteiger charge is -2.13. The largest absolute Gasteiger partial charge is 0.534 e. The molecule has 0 saturated carbocycles. The highest BCUT2D eigenvalue weighted by Gasteiger charge is 2.18. The zero-order valence-electron chi connectivity index (χ0n) is 10.0. The van der Waals surface area contributed by atoms with Crippen LogP contribution >= 0.6 is 8.03 Å². The number of nitrogens with zero attached hydrogens (tertiary/aromatic N) is 3. The number of aliphatic hydroxyl groups is 1. The number of anilines is 1. The summed E-state index contributed by atoms with van der Waals surface area (Å²) in [5.41, 5.74) is 7.03. The van der Waals surface area contributed by atoms with Gasteiger partial charge in [-0.25, -0.2) is 9.97 Å². The molecular formula is C10H14N4O4P+. The van der Waals surface area contributed by atoms with E-state index in [1.165, 1.54) is 0 Å². The van der Waals surface area contributed by atoms with Gasteiger partial charge < -0.3 is 20.1 Å². The Morgan fingerprint density at radius 2 is 2.32 bits per heavy atom. The topological polar surface area (TPSA) is 123 Å². The standard InChI is InChI=1S/C10H13N4O4P/c11-10-9-8(1-2-12-10)14(5-13-9)3-7(4-15)18-6-19(16)17/h1-2,5,7,15H,3-4,6H2,(H2-,11,12,16,17)/p+1/t7-/m0/s1. The molecule has 2 atom stereocenters. The Balaban J connectivity index is 2.15. The highest BCUT2D eigenvalue weighted by molar-refractivity contribution is 7.37. The molecule has 0 saturated heterocycles. The average Bonchev–Trinajstić information content (AvgIpc) is 2.79. The first-order valence-electron chi connectivity index (χ1n) is 5.53. The number of imidazole rings is 1. The van der Waals surface area contributed by atoms with E-state index in [4.69, 9.17) is 15.4 Å². The maximum Gasteiger partial charge on any atom is 0.534 e. The Hall–Kier alpha value is -1.60. The molecule has 0 aromatic carbocycles. The van der Waals surface area contributed by atoms with Crippen molar-refractivity contribution in [2.75, 3.05) is 18.7 Å². The number of aliphatic hydroxyl groups excluding tert-OH is 1. The van der Waals surface area contributed by atoms with E-state index in [1.807, 2.05) is 0 Å². The van der Waals surface area contributed by atoms with Crippen LogP contribution in [-0.2, 0) is 15.8 Å². The van der Waals surface area contributed by atoms with E-state index in [1.54, 1.807) is 23.2 Å². The van der Waals surface area contributed by atoms with Gasteiger partial charge in [-0.05, 0) is 10.6 Å². The second-order valence-electron chi connectivity index (χ2n) is 3.91. The van der Waals surface area contributed by atoms with Gasteiger partial charge >= 0.3 is 8.03 Å². The molecule has 19 heavy (non-hydrogen) atoms. The monoisotopic (exact) mass is 285 g/mol. The Kier molecular flexibility index (Phi) is 4.39. The van der Waals surface area contributed by atoms with Crippen molar-refractivity contribution >= 4 is 24.9 Å². The Morgan fingerprint density at radius 1 is 1.53 bits per heavy atom. The van der Waals surface area contributed by atoms with Crippen LogP contribution in [0.4, 0.5) is 5.82 Å². The third-order valence-corrected chi connectivity index (χ3v) is 2.96. The number of rotatable bonds is 6. The summed E-state index contributed by atoms with van der Waals surface area (Å²) in [7, 11) is -2.38. The van der Waals surface area contributed by atoms with Crippen molar-refractivity contribution in [3.05, 3.63) is 18.6 Å². The van der Waals surface area contributed by atoms with Gasteiger partial charge in [0.1, 0.15) is 11.6 Å². The molecule has 0 aliphatic rings. The molecule has 0 aliphatic carbocycles. The second kappa shape index (κ2) is 6.03. The number of nitrogens with two attached hydrogens (primary N) is 1. The molecule has 2 aromatic rings. The number of hydrogen-bond acceptors (Lipinski definition) is 6. The number of ether oxygens (including phenoxy) is 1. The molecule has 102 valence electrons. The van der Waals surface area contributed by atoms with Crippen LogP contribution < -0.4 is 5.73 Å². The maximum atomic E-state index is 10.6. The molecule has 4 N–H and O–H groups in total. The van der Waals surface area contributed by atoms with Gasteiger partial charge in [-0.3, -0.25) is 0 Å². The van der Waals surface area contributed by atoms with Gasteiger partial charge in [-0.1, -0.05) is 0 Å². The van der Waals surface area contributed by atoms with Crippen molar-refractivity contribution < 1.29 is 19.3 Å². The number of nitrogen functional groups attached to an aromatic ring is 1. The van der Waals surface area contributed by atoms with Crippen molar-refractivity contribution in [1.29, 1.82) is 0 Å². The summed E-state index contributed by atoms with van der Waals surface area (Å²) in [6, 6.07) is 1.75. The zero-order valence-corrected chi connectivity index (χ0v) is 10.9. The molecular weight excluding hydrogens is 271 g/mol. The van der Waals surface area contributed by atoms with Crippen LogP contribution in [0.2, 0.25) is 0 Å². The normalized spacial score (nSPS) is 13.7. The molecule has 0 spiro atoms. The predicted molar refractivity (Wildman–Crippen MR) is 68.6 cm³/mol. The molecule has 2 heterocycles. The van der Waals surface area contributed by atoms with E-state index in [2.05, 4.69) is 9.97 Å². The molecule has 0 aliphatic heterocycles. The first-order chi connectivity index (χ1) is 9.11. The van der Waals surface area contributed by atoms with Crippen molar-refractivity contribution in [1.82, 2.24) is 14.5 Å². The molecule has 0 amide bonds. The van der Waals surface area contributed by atoms with Crippen molar-refractivity contribution in [2.45, 2.75) is 12.6 Å². The van der Waals surface area contributed by atoms with Crippen molar-refractivity contribution in [3.63, 3.8) is 0 Å². The smallest absolute Gasteiger partial charge is 0.394 e. The zero-order chi connectivity index (χ0) is 13.8. The summed E-state index contributed by atoms with van der Waals surface area (Å²) in [6.45, 7) is 0.0447. The van der Waals surface area contributed by atoms with Crippen molar-refractivity contribution in [2.24, 2.45) is 0 Å². The van der Waals surface area contributed by atoms with Gasteiger partial charge in [0.15, 0.2) is 5.82 Å². The van der Waals surface area contributed by atoms with Crippen LogP contribution in [0, 0.1) is 0 Å². The predicted octanol–water partition coefficient (Wildman–Crippen LogP) is 0.0832. The van der Waals surface area contributed by atoms with Crippen LogP contribution in [0.3, 0.4) is 0 Å². The van der Waals surface area contributed by atoms with Gasteiger partial charge in [0.05, 0.1) is 25.0 Å². The van der Waals surface area contributed by atoms with E-state index in [0.29, 0.717) is 17.9 Å². The fourth-order valence-corrected chi connectivity index (χ4v) is 2.05. The minimum absolute atomic E-state index is 0.261. The molecule has 0 radical (unpaired) electrons. The molecule has 2 aromatic heterocycles. The first-order valence-corrected chi connectivity index (χ1v) is 6.93. The van der Waals surface area contributed by atoms with Crippen LogP contribution in [0.15, 0.2) is 18.6 Å². The summed E-state index contributed by atoms with van der Waals surface area (Å²) in [6.07, 6.45) is 2.23. The third-order valence-electron chi connectivity index (χ3n) is 2.59. The summed E-state index contributed by atoms with van der Waals surface area (Å²) >= 11 is 0. The number of aromatic nitrogens is 3. The van der Waals surface area contributed by atoms with Gasteiger partial charge in [0, 0.05) is 6.20 Å². The fraction of sp³-hybridized carbons (Fsp3) is 0.400. The molecule has 2 rings (SSSR count). The average molecular weight is 285 g/mol. The van der Waals surface area contributed by atoms with Crippen molar-refractivity contribution in [3.8, 4) is 0 Å². The van der Waals surface area contributed by atoms with Crippen LogP contribution in [-0.4, -0.2) is 43.6 Å². The Bertz CT molecular complexity index is 588. The lowest BCUT2D eigenvalue weighted by Crippen LogP contribution is -2.23. The van der Waals surface area contributed by atoms with E-state index in [9.17, 15) is 9.67 Å². The molecule has 0 bridgehead atoms. The summed E-state index contributed by atoms with van der Waals surface area (Å²) in [5.74, 6) is 0.330. The maximum absolute atomic E-state index is 10.6. The third kappa shape index (κ3) is 3.24. The first kappa shape index (κ1) is 13.8. The van der Waals surface area contributed by atoms with Gasteiger partial charge in [0.25, 0.3) is 6.35 Å². The number of fused-ring (bicyclic) bond motifs is 1. The second-order valence-corrected chi connectivity index (χ2v) is 4.88. The van der Waals surface area contributed by atoms with Crippen LogP contribution in [0.5, 0.6) is 0 Å². The van der Waals surface area contributed by atoms with Gasteiger partial charge in [-0.15, -0.1) is 0 Å². The van der Waals surface area contributed by atoms with E-state index >= 15 is 0 Å². The molecule has 0 fully saturated rings. The molecule has 8 nitrogen and oxygen atoms in total. The summed E-state index contributed by atoms with van der Waals surface area (Å²) in [5, 5.41) is 9.19.